The smallest absolute Gasteiger partial charge is 0.290 e. The number of rotatable bonds is 6. The van der Waals surface area contributed by atoms with Crippen LogP contribution in [-0.2, 0) is 11.3 Å². The van der Waals surface area contributed by atoms with Crippen molar-refractivity contribution in [2.45, 2.75) is 20.4 Å². The number of nitrogens with one attached hydrogen (secondary N) is 2. The fourth-order valence-corrected chi connectivity index (χ4v) is 2.86. The largest absolute Gasteiger partial charge is 0.497 e. The molecule has 2 amide bonds. The average Bonchev–Trinajstić information content (AvgIpc) is 2.72. The molecule has 2 aromatic carbocycles. The zero-order valence-corrected chi connectivity index (χ0v) is 16.7. The van der Waals surface area contributed by atoms with Crippen molar-refractivity contribution in [3.63, 3.8) is 0 Å². The molecule has 1 heterocycles. The topological polar surface area (TPSA) is 71.3 Å². The second kappa shape index (κ2) is 9.01. The molecule has 0 unspecified atom stereocenters. The van der Waals surface area contributed by atoms with E-state index in [1.165, 1.54) is 0 Å². The Balaban J connectivity index is 1.59. The van der Waals surface area contributed by atoms with E-state index in [0.29, 0.717) is 16.9 Å². The third-order valence-corrected chi connectivity index (χ3v) is 4.71. The Labute approximate surface area is 170 Å². The van der Waals surface area contributed by atoms with Crippen molar-refractivity contribution in [2.75, 3.05) is 17.7 Å². The molecule has 0 aliphatic rings. The lowest BCUT2D eigenvalue weighted by Crippen LogP contribution is -2.43. The first-order chi connectivity index (χ1) is 14.0. The van der Waals surface area contributed by atoms with Crippen LogP contribution in [0, 0.1) is 13.8 Å². The summed E-state index contributed by atoms with van der Waals surface area (Å²) in [5, 5.41) is 5.69. The summed E-state index contributed by atoms with van der Waals surface area (Å²) in [6.45, 7) is 4.23. The molecule has 6 heteroatoms. The predicted molar refractivity (Wildman–Crippen MR) is 112 cm³/mol. The highest BCUT2D eigenvalue weighted by Crippen LogP contribution is 2.17. The molecule has 0 aliphatic heterocycles. The van der Waals surface area contributed by atoms with Gasteiger partial charge in [0.15, 0.2) is 11.9 Å². The molecule has 0 saturated carbocycles. The number of nitrogens with zero attached hydrogens (tertiary/aromatic N) is 1. The van der Waals surface area contributed by atoms with Crippen molar-refractivity contribution in [3.8, 4) is 5.75 Å². The molecule has 0 spiro atoms. The number of carbonyl (C=O) groups is 2. The monoisotopic (exact) mass is 390 g/mol. The van der Waals surface area contributed by atoms with Crippen LogP contribution in [0.3, 0.4) is 0 Å². The summed E-state index contributed by atoms with van der Waals surface area (Å²) in [5.41, 5.74) is 4.00. The number of anilines is 2. The predicted octanol–water partition coefficient (Wildman–Crippen LogP) is 3.49. The molecule has 3 aromatic rings. The summed E-state index contributed by atoms with van der Waals surface area (Å²) in [7, 11) is 1.59. The van der Waals surface area contributed by atoms with Crippen molar-refractivity contribution >= 4 is 23.2 Å². The highest BCUT2D eigenvalue weighted by atomic mass is 16.5. The molecule has 0 atom stereocenters. The highest BCUT2D eigenvalue weighted by molar-refractivity contribution is 6.04. The van der Waals surface area contributed by atoms with Gasteiger partial charge in [0.05, 0.1) is 7.11 Å². The first-order valence-corrected chi connectivity index (χ1v) is 9.27. The van der Waals surface area contributed by atoms with Gasteiger partial charge in [-0.3, -0.25) is 9.59 Å². The molecule has 2 N–H and O–H groups in total. The minimum atomic E-state index is -0.223. The van der Waals surface area contributed by atoms with E-state index in [-0.39, 0.29) is 18.4 Å². The van der Waals surface area contributed by atoms with Crippen LogP contribution in [0.15, 0.2) is 66.9 Å². The minimum Gasteiger partial charge on any atom is -0.497 e. The average molecular weight is 390 g/mol. The second-order valence-corrected chi connectivity index (χ2v) is 6.71. The van der Waals surface area contributed by atoms with Crippen molar-refractivity contribution in [2.24, 2.45) is 0 Å². The van der Waals surface area contributed by atoms with Gasteiger partial charge in [0.25, 0.3) is 11.8 Å². The van der Waals surface area contributed by atoms with Crippen molar-refractivity contribution < 1.29 is 18.9 Å². The van der Waals surface area contributed by atoms with Crippen LogP contribution in [0.25, 0.3) is 0 Å². The van der Waals surface area contributed by atoms with E-state index >= 15 is 0 Å². The lowest BCUT2D eigenvalue weighted by Gasteiger charge is -2.08. The number of ether oxygens (including phenoxy) is 1. The van der Waals surface area contributed by atoms with Gasteiger partial charge in [0.2, 0.25) is 6.54 Å². The lowest BCUT2D eigenvalue weighted by atomic mass is 10.2. The van der Waals surface area contributed by atoms with Crippen LogP contribution in [0.5, 0.6) is 5.75 Å². The van der Waals surface area contributed by atoms with Gasteiger partial charge in [-0.15, -0.1) is 0 Å². The Bertz CT molecular complexity index is 1010. The minimum absolute atomic E-state index is 0.126. The summed E-state index contributed by atoms with van der Waals surface area (Å²) < 4.78 is 7.01. The fraction of sp³-hybridized carbons (Fsp3) is 0.174. The molecular weight excluding hydrogens is 366 g/mol. The number of benzene rings is 2. The van der Waals surface area contributed by atoms with Crippen LogP contribution >= 0.6 is 0 Å². The van der Waals surface area contributed by atoms with Crippen LogP contribution in [-0.4, -0.2) is 18.9 Å². The summed E-state index contributed by atoms with van der Waals surface area (Å²) in [6.07, 6.45) is 1.88. The first-order valence-electron chi connectivity index (χ1n) is 9.27. The lowest BCUT2D eigenvalue weighted by molar-refractivity contribution is -0.690. The van der Waals surface area contributed by atoms with E-state index in [9.17, 15) is 9.59 Å². The van der Waals surface area contributed by atoms with Crippen molar-refractivity contribution in [1.29, 1.82) is 0 Å². The molecule has 6 nitrogen and oxygen atoms in total. The number of methoxy groups -OCH3 is 1. The molecule has 148 valence electrons. The van der Waals surface area contributed by atoms with Crippen LogP contribution < -0.4 is 19.9 Å². The molecule has 0 aliphatic carbocycles. The van der Waals surface area contributed by atoms with E-state index in [4.69, 9.17) is 4.74 Å². The summed E-state index contributed by atoms with van der Waals surface area (Å²) in [6, 6.07) is 17.8. The number of carbonyl (C=O) groups excluding carboxylic acids is 2. The van der Waals surface area contributed by atoms with Crippen molar-refractivity contribution in [1.82, 2.24) is 0 Å². The third-order valence-electron chi connectivity index (χ3n) is 4.71. The van der Waals surface area contributed by atoms with Gasteiger partial charge in [-0.05, 0) is 61.5 Å². The molecule has 0 saturated heterocycles. The van der Waals surface area contributed by atoms with Gasteiger partial charge >= 0.3 is 0 Å². The molecule has 1 aromatic heterocycles. The van der Waals surface area contributed by atoms with Crippen molar-refractivity contribution in [3.05, 3.63) is 83.7 Å². The van der Waals surface area contributed by atoms with Gasteiger partial charge in [-0.1, -0.05) is 0 Å². The summed E-state index contributed by atoms with van der Waals surface area (Å²) in [5.74, 6) is 0.375. The summed E-state index contributed by atoms with van der Waals surface area (Å²) >= 11 is 0. The Kier molecular flexibility index (Phi) is 6.24. The number of hydrogen-bond acceptors (Lipinski definition) is 3. The normalized spacial score (nSPS) is 10.3. The Hall–Kier alpha value is -3.67. The molecular formula is C23H24N3O3+. The third kappa shape index (κ3) is 5.19. The van der Waals surface area contributed by atoms with Gasteiger partial charge in [-0.25, -0.2) is 0 Å². The zero-order valence-electron chi connectivity index (χ0n) is 16.7. The molecule has 0 fully saturated rings. The van der Waals surface area contributed by atoms with E-state index < -0.39 is 0 Å². The molecule has 0 radical (unpaired) electrons. The standard InChI is InChI=1S/C23H23N3O3/c1-16-5-4-14-26(17(16)2)15-22(27)24-19-8-6-18(7-9-19)23(28)25-20-10-12-21(29-3)13-11-20/h4-14H,15H2,1-3H3,(H-,24,25,27,28)/p+1. The number of aromatic nitrogens is 1. The Morgan fingerprint density at radius 3 is 2.17 bits per heavy atom. The number of hydrogen-bond donors (Lipinski definition) is 2. The van der Waals surface area contributed by atoms with Gasteiger partial charge in [0.1, 0.15) is 5.75 Å². The van der Waals surface area contributed by atoms with Gasteiger partial charge < -0.3 is 15.4 Å². The number of amides is 2. The maximum Gasteiger partial charge on any atom is 0.290 e. The Morgan fingerprint density at radius 1 is 0.897 bits per heavy atom. The second-order valence-electron chi connectivity index (χ2n) is 6.71. The van der Waals surface area contributed by atoms with E-state index in [1.54, 1.807) is 55.6 Å². The van der Waals surface area contributed by atoms with E-state index in [1.807, 2.05) is 36.7 Å². The Morgan fingerprint density at radius 2 is 1.52 bits per heavy atom. The molecule has 0 bridgehead atoms. The number of aryl methyl sites for hydroxylation is 1. The zero-order chi connectivity index (χ0) is 20.8. The van der Waals surface area contributed by atoms with Gasteiger partial charge in [-0.2, -0.15) is 4.57 Å². The SMILES string of the molecule is COc1ccc(NC(=O)c2ccc(NC(=O)C[n+]3cccc(C)c3C)cc2)cc1. The van der Waals surface area contributed by atoms with Crippen LogP contribution in [0.4, 0.5) is 11.4 Å². The maximum atomic E-state index is 12.4. The quantitative estimate of drug-likeness (QED) is 0.633. The van der Waals surface area contributed by atoms with Crippen LogP contribution in [0.2, 0.25) is 0 Å². The highest BCUT2D eigenvalue weighted by Gasteiger charge is 2.14. The van der Waals surface area contributed by atoms with E-state index in [2.05, 4.69) is 10.6 Å². The summed E-state index contributed by atoms with van der Waals surface area (Å²) in [4.78, 5) is 24.7. The fourth-order valence-electron chi connectivity index (χ4n) is 2.86. The maximum absolute atomic E-state index is 12.4. The van der Waals surface area contributed by atoms with Gasteiger partial charge in [0, 0.05) is 35.5 Å². The van der Waals surface area contributed by atoms with E-state index in [0.717, 1.165) is 17.0 Å². The molecule has 3 rings (SSSR count). The first kappa shape index (κ1) is 20.1. The number of pyridine rings is 1. The van der Waals surface area contributed by atoms with Crippen LogP contribution in [0.1, 0.15) is 21.6 Å². The molecule has 29 heavy (non-hydrogen) atoms.